The van der Waals surface area contributed by atoms with E-state index in [4.69, 9.17) is 0 Å². The number of carbonyl (C=O) groups excluding carboxylic acids is 1. The monoisotopic (exact) mass is 269 g/mol. The minimum Gasteiger partial charge on any atom is -0.392 e. The van der Waals surface area contributed by atoms with Crippen molar-refractivity contribution in [3.05, 3.63) is 0 Å². The lowest BCUT2D eigenvalue weighted by Crippen LogP contribution is -2.49. The van der Waals surface area contributed by atoms with Crippen molar-refractivity contribution in [3.8, 4) is 0 Å². The molecule has 0 bridgehead atoms. The van der Waals surface area contributed by atoms with Crippen molar-refractivity contribution in [2.45, 2.75) is 51.3 Å². The first kappa shape index (κ1) is 14.8. The fraction of sp³-hybridized carbons (Fsp3) is 0.929. The van der Waals surface area contributed by atoms with Crippen molar-refractivity contribution in [3.63, 3.8) is 0 Å². The summed E-state index contributed by atoms with van der Waals surface area (Å²) in [6.45, 7) is 8.31. The Kier molecular flexibility index (Phi) is 5.19. The van der Waals surface area contributed by atoms with Gasteiger partial charge in [0.2, 0.25) is 5.91 Å². The summed E-state index contributed by atoms with van der Waals surface area (Å²) in [5, 5.41) is 15.6. The van der Waals surface area contributed by atoms with Gasteiger partial charge >= 0.3 is 0 Å². The zero-order valence-electron chi connectivity index (χ0n) is 12.1. The number of rotatable bonds is 4. The van der Waals surface area contributed by atoms with Crippen LogP contribution in [0.3, 0.4) is 0 Å². The first-order chi connectivity index (χ1) is 9.04. The molecule has 2 heterocycles. The van der Waals surface area contributed by atoms with Crippen LogP contribution in [0, 0.1) is 5.92 Å². The summed E-state index contributed by atoms with van der Waals surface area (Å²) in [5.74, 6) is 0.758. The van der Waals surface area contributed by atoms with Crippen molar-refractivity contribution >= 4 is 5.91 Å². The third-order valence-electron chi connectivity index (χ3n) is 3.98. The summed E-state index contributed by atoms with van der Waals surface area (Å²) < 4.78 is 0. The lowest BCUT2D eigenvalue weighted by molar-refractivity contribution is -0.124. The van der Waals surface area contributed by atoms with E-state index in [1.54, 1.807) is 0 Å². The molecule has 19 heavy (non-hydrogen) atoms. The van der Waals surface area contributed by atoms with Crippen LogP contribution in [-0.2, 0) is 4.79 Å². The zero-order chi connectivity index (χ0) is 13.8. The van der Waals surface area contributed by atoms with E-state index in [-0.39, 0.29) is 18.1 Å². The molecule has 2 rings (SSSR count). The van der Waals surface area contributed by atoms with Gasteiger partial charge in [0.25, 0.3) is 0 Å². The molecule has 0 aliphatic carbocycles. The van der Waals surface area contributed by atoms with Crippen LogP contribution in [-0.4, -0.2) is 60.3 Å². The quantitative estimate of drug-likeness (QED) is 0.669. The van der Waals surface area contributed by atoms with Crippen LogP contribution in [0.4, 0.5) is 0 Å². The molecule has 0 saturated carbocycles. The number of amides is 1. The average molecular weight is 269 g/mol. The second kappa shape index (κ2) is 6.68. The summed E-state index contributed by atoms with van der Waals surface area (Å²) in [6.07, 6.45) is 2.24. The molecule has 2 atom stereocenters. The van der Waals surface area contributed by atoms with Crippen LogP contribution in [0.25, 0.3) is 0 Å². The highest BCUT2D eigenvalue weighted by Gasteiger charge is 2.30. The fourth-order valence-electron chi connectivity index (χ4n) is 2.99. The number of β-amino-alcohol motifs (C(OH)–C–C–N with tert-alkyl or cyclic N) is 1. The van der Waals surface area contributed by atoms with Crippen LogP contribution in [0.5, 0.6) is 0 Å². The van der Waals surface area contributed by atoms with E-state index in [9.17, 15) is 9.90 Å². The topological polar surface area (TPSA) is 64.6 Å². The molecule has 110 valence electrons. The number of likely N-dealkylation sites (tertiary alicyclic amines) is 1. The number of piperidine rings is 1. The second-order valence-electron chi connectivity index (χ2n) is 6.33. The SMILES string of the molecule is CC(C)CN1CCC(NC(=O)C2CC(O)CN2)CC1. The van der Waals surface area contributed by atoms with Gasteiger partial charge in [-0.05, 0) is 25.2 Å². The van der Waals surface area contributed by atoms with Gasteiger partial charge in [-0.1, -0.05) is 13.8 Å². The Morgan fingerprint density at radius 1 is 1.42 bits per heavy atom. The highest BCUT2D eigenvalue weighted by molar-refractivity contribution is 5.82. The summed E-state index contributed by atoms with van der Waals surface area (Å²) in [5.41, 5.74) is 0. The van der Waals surface area contributed by atoms with Crippen molar-refractivity contribution in [1.29, 1.82) is 0 Å². The minimum absolute atomic E-state index is 0.0545. The average Bonchev–Trinajstić information content (AvgIpc) is 2.78. The van der Waals surface area contributed by atoms with Crippen LogP contribution in [0.1, 0.15) is 33.1 Å². The molecule has 0 aromatic rings. The minimum atomic E-state index is -0.372. The molecule has 0 spiro atoms. The first-order valence-electron chi connectivity index (χ1n) is 7.48. The Morgan fingerprint density at radius 3 is 2.63 bits per heavy atom. The third-order valence-corrected chi connectivity index (χ3v) is 3.98. The van der Waals surface area contributed by atoms with Crippen LogP contribution in [0.2, 0.25) is 0 Å². The lowest BCUT2D eigenvalue weighted by Gasteiger charge is -2.33. The van der Waals surface area contributed by atoms with Gasteiger partial charge in [-0.2, -0.15) is 0 Å². The molecule has 0 aromatic carbocycles. The number of carbonyl (C=O) groups is 1. The summed E-state index contributed by atoms with van der Waals surface area (Å²) in [7, 11) is 0. The summed E-state index contributed by atoms with van der Waals surface area (Å²) >= 11 is 0. The van der Waals surface area contributed by atoms with Gasteiger partial charge in [0.05, 0.1) is 12.1 Å². The van der Waals surface area contributed by atoms with Crippen molar-refractivity contribution in [2.75, 3.05) is 26.2 Å². The molecular formula is C14H27N3O2. The van der Waals surface area contributed by atoms with E-state index in [1.165, 1.54) is 0 Å². The molecule has 0 radical (unpaired) electrons. The predicted molar refractivity (Wildman–Crippen MR) is 74.9 cm³/mol. The summed E-state index contributed by atoms with van der Waals surface area (Å²) in [6, 6.07) is 0.0964. The zero-order valence-corrected chi connectivity index (χ0v) is 12.1. The number of nitrogens with zero attached hydrogens (tertiary/aromatic N) is 1. The molecule has 2 aliphatic rings. The molecule has 5 heteroatoms. The second-order valence-corrected chi connectivity index (χ2v) is 6.33. The lowest BCUT2D eigenvalue weighted by atomic mass is 10.0. The van der Waals surface area contributed by atoms with E-state index < -0.39 is 0 Å². The van der Waals surface area contributed by atoms with Gasteiger partial charge in [0.15, 0.2) is 0 Å². The summed E-state index contributed by atoms with van der Waals surface area (Å²) in [4.78, 5) is 14.5. The Morgan fingerprint density at radius 2 is 2.11 bits per heavy atom. The number of hydrogen-bond donors (Lipinski definition) is 3. The van der Waals surface area contributed by atoms with E-state index in [0.29, 0.717) is 24.9 Å². The molecular weight excluding hydrogens is 242 g/mol. The highest BCUT2D eigenvalue weighted by Crippen LogP contribution is 2.13. The predicted octanol–water partition coefficient (Wildman–Crippen LogP) is -0.0542. The molecule has 3 N–H and O–H groups in total. The van der Waals surface area contributed by atoms with Gasteiger partial charge in [0.1, 0.15) is 0 Å². The maximum absolute atomic E-state index is 12.0. The number of hydrogen-bond acceptors (Lipinski definition) is 4. The first-order valence-corrected chi connectivity index (χ1v) is 7.48. The van der Waals surface area contributed by atoms with Crippen molar-refractivity contribution in [2.24, 2.45) is 5.92 Å². The van der Waals surface area contributed by atoms with Crippen LogP contribution < -0.4 is 10.6 Å². The number of aliphatic hydroxyl groups is 1. The molecule has 0 aromatic heterocycles. The van der Waals surface area contributed by atoms with E-state index >= 15 is 0 Å². The third kappa shape index (κ3) is 4.44. The van der Waals surface area contributed by atoms with E-state index in [1.807, 2.05) is 0 Å². The van der Waals surface area contributed by atoms with Crippen molar-refractivity contribution < 1.29 is 9.90 Å². The fourth-order valence-corrected chi connectivity index (χ4v) is 2.99. The van der Waals surface area contributed by atoms with Crippen molar-refractivity contribution in [1.82, 2.24) is 15.5 Å². The Hall–Kier alpha value is -0.650. The highest BCUT2D eigenvalue weighted by atomic mass is 16.3. The number of nitrogens with one attached hydrogen (secondary N) is 2. The molecule has 2 fully saturated rings. The molecule has 2 aliphatic heterocycles. The standard InChI is InChI=1S/C14H27N3O2/c1-10(2)9-17-5-3-11(4-6-17)16-14(19)13-7-12(18)8-15-13/h10-13,15,18H,3-9H2,1-2H3,(H,16,19). The molecule has 2 saturated heterocycles. The van der Waals surface area contributed by atoms with Gasteiger partial charge in [-0.3, -0.25) is 4.79 Å². The molecule has 1 amide bonds. The Balaban J connectivity index is 1.69. The van der Waals surface area contributed by atoms with Crippen LogP contribution >= 0.6 is 0 Å². The Bertz CT molecular complexity index is 301. The maximum atomic E-state index is 12.0. The number of aliphatic hydroxyl groups excluding tert-OH is 1. The van der Waals surface area contributed by atoms with Gasteiger partial charge in [0, 0.05) is 32.2 Å². The van der Waals surface area contributed by atoms with Gasteiger partial charge in [-0.15, -0.1) is 0 Å². The van der Waals surface area contributed by atoms with E-state index in [0.717, 1.165) is 32.5 Å². The Labute approximate surface area is 115 Å². The van der Waals surface area contributed by atoms with Crippen LogP contribution in [0.15, 0.2) is 0 Å². The maximum Gasteiger partial charge on any atom is 0.237 e. The normalized spacial score (nSPS) is 29.9. The largest absolute Gasteiger partial charge is 0.392 e. The molecule has 5 nitrogen and oxygen atoms in total. The van der Waals surface area contributed by atoms with Gasteiger partial charge < -0.3 is 20.6 Å². The molecule has 2 unspecified atom stereocenters. The van der Waals surface area contributed by atoms with Gasteiger partial charge in [-0.25, -0.2) is 0 Å². The van der Waals surface area contributed by atoms with E-state index in [2.05, 4.69) is 29.4 Å². The smallest absolute Gasteiger partial charge is 0.237 e.